The van der Waals surface area contributed by atoms with Gasteiger partial charge in [-0.05, 0) is 11.6 Å². The Morgan fingerprint density at radius 1 is 1.57 bits per heavy atom. The van der Waals surface area contributed by atoms with E-state index in [1.165, 1.54) is 6.07 Å². The molecule has 0 aliphatic heterocycles. The lowest BCUT2D eigenvalue weighted by molar-refractivity contribution is 0.146. The fraction of sp³-hybridized carbons (Fsp3) is 0.375. The molecule has 1 heterocycles. The second kappa shape index (κ2) is 4.52. The number of aromatic nitrogens is 1. The molecule has 3 N–H and O–H groups in total. The zero-order chi connectivity index (χ0) is 10.7. The van der Waals surface area contributed by atoms with Crippen molar-refractivity contribution in [1.29, 1.82) is 0 Å². The topological polar surface area (TPSA) is 59.1 Å². The fourth-order valence-corrected chi connectivity index (χ4v) is 1.27. The molecule has 1 aromatic rings. The summed E-state index contributed by atoms with van der Waals surface area (Å²) in [6, 6.07) is 1.41. The number of halogens is 3. The van der Waals surface area contributed by atoms with Gasteiger partial charge in [0.2, 0.25) is 0 Å². The van der Waals surface area contributed by atoms with Crippen LogP contribution < -0.4 is 5.73 Å². The number of aliphatic hydroxyl groups excluding tert-OH is 1. The Morgan fingerprint density at radius 3 is 2.64 bits per heavy atom. The number of nitrogens with zero attached hydrogens (tertiary/aromatic N) is 1. The minimum atomic E-state index is -2.76. The molecular formula is C8H9ClF2N2O. The highest BCUT2D eigenvalue weighted by Crippen LogP contribution is 2.27. The molecule has 0 bridgehead atoms. The molecule has 3 nitrogen and oxygen atoms in total. The van der Waals surface area contributed by atoms with Gasteiger partial charge in [0.25, 0.3) is 6.43 Å². The van der Waals surface area contributed by atoms with Crippen LogP contribution in [0.15, 0.2) is 6.07 Å². The molecule has 0 unspecified atom stereocenters. The molecule has 1 aromatic heterocycles. The molecule has 0 saturated heterocycles. The number of pyridine rings is 1. The lowest BCUT2D eigenvalue weighted by Gasteiger charge is -2.09. The van der Waals surface area contributed by atoms with E-state index in [1.54, 1.807) is 0 Å². The van der Waals surface area contributed by atoms with Crippen molar-refractivity contribution >= 4 is 17.3 Å². The molecule has 0 saturated carbocycles. The Balaban J connectivity index is 3.27. The highest BCUT2D eigenvalue weighted by molar-refractivity contribution is 6.17. The maximum Gasteiger partial charge on any atom is 0.282 e. The van der Waals surface area contributed by atoms with E-state index in [0.717, 1.165) is 0 Å². The summed E-state index contributed by atoms with van der Waals surface area (Å²) in [5.74, 6) is 0.0150. The summed E-state index contributed by atoms with van der Waals surface area (Å²) in [4.78, 5) is 3.52. The number of hydrogen-bond acceptors (Lipinski definition) is 3. The highest BCUT2D eigenvalue weighted by atomic mass is 35.5. The molecule has 0 spiro atoms. The molecule has 0 amide bonds. The van der Waals surface area contributed by atoms with E-state index in [1.807, 2.05) is 0 Å². The zero-order valence-corrected chi connectivity index (χ0v) is 7.93. The predicted octanol–water partition coefficient (Wildman–Crippen LogP) is 1.83. The number of hydrogen-bond donors (Lipinski definition) is 2. The van der Waals surface area contributed by atoms with E-state index in [9.17, 15) is 8.78 Å². The number of anilines is 1. The summed E-state index contributed by atoms with van der Waals surface area (Å²) in [5, 5.41) is 8.76. The molecule has 14 heavy (non-hydrogen) atoms. The lowest BCUT2D eigenvalue weighted by Crippen LogP contribution is -2.05. The quantitative estimate of drug-likeness (QED) is 0.768. The van der Waals surface area contributed by atoms with Crippen molar-refractivity contribution in [2.75, 3.05) is 5.73 Å². The third kappa shape index (κ3) is 2.10. The average molecular weight is 223 g/mol. The summed E-state index contributed by atoms with van der Waals surface area (Å²) in [7, 11) is 0. The van der Waals surface area contributed by atoms with Crippen LogP contribution in [-0.4, -0.2) is 10.1 Å². The third-order valence-electron chi connectivity index (χ3n) is 1.74. The van der Waals surface area contributed by atoms with Crippen LogP contribution >= 0.6 is 11.6 Å². The first-order valence-electron chi connectivity index (χ1n) is 3.83. The Hall–Kier alpha value is -0.940. The smallest absolute Gasteiger partial charge is 0.282 e. The van der Waals surface area contributed by atoms with Gasteiger partial charge in [-0.3, -0.25) is 0 Å². The fourth-order valence-electron chi connectivity index (χ4n) is 1.05. The second-order valence-electron chi connectivity index (χ2n) is 2.66. The molecule has 0 aromatic carbocycles. The van der Waals surface area contributed by atoms with Crippen LogP contribution in [0.1, 0.15) is 23.4 Å². The molecule has 6 heteroatoms. The van der Waals surface area contributed by atoms with Crippen molar-refractivity contribution in [3.05, 3.63) is 23.0 Å². The van der Waals surface area contributed by atoms with Crippen molar-refractivity contribution in [2.45, 2.75) is 18.9 Å². The first kappa shape index (κ1) is 11.1. The van der Waals surface area contributed by atoms with Crippen LogP contribution in [0.3, 0.4) is 0 Å². The van der Waals surface area contributed by atoms with E-state index in [4.69, 9.17) is 22.4 Å². The van der Waals surface area contributed by atoms with Gasteiger partial charge in [-0.2, -0.15) is 0 Å². The van der Waals surface area contributed by atoms with Crippen molar-refractivity contribution in [3.8, 4) is 0 Å². The summed E-state index contributed by atoms with van der Waals surface area (Å²) in [6.45, 7) is -0.413. The van der Waals surface area contributed by atoms with E-state index in [0.29, 0.717) is 5.56 Å². The van der Waals surface area contributed by atoms with Crippen LogP contribution in [0, 0.1) is 0 Å². The SMILES string of the molecule is Nc1c(CCl)cc(CO)nc1C(F)F. The Kier molecular flexibility index (Phi) is 3.60. The summed E-state index contributed by atoms with van der Waals surface area (Å²) >= 11 is 5.50. The van der Waals surface area contributed by atoms with Crippen molar-refractivity contribution < 1.29 is 13.9 Å². The van der Waals surface area contributed by atoms with Gasteiger partial charge < -0.3 is 10.8 Å². The largest absolute Gasteiger partial charge is 0.397 e. The number of alkyl halides is 3. The Morgan fingerprint density at radius 2 is 2.21 bits per heavy atom. The summed E-state index contributed by atoms with van der Waals surface area (Å²) in [5.41, 5.74) is 5.29. The van der Waals surface area contributed by atoms with Gasteiger partial charge in [0.1, 0.15) is 5.69 Å². The lowest BCUT2D eigenvalue weighted by atomic mass is 10.1. The van der Waals surface area contributed by atoms with Gasteiger partial charge in [0.05, 0.1) is 18.0 Å². The normalized spacial score (nSPS) is 10.9. The van der Waals surface area contributed by atoms with E-state index < -0.39 is 18.7 Å². The zero-order valence-electron chi connectivity index (χ0n) is 7.17. The monoisotopic (exact) mass is 222 g/mol. The molecule has 0 radical (unpaired) electrons. The van der Waals surface area contributed by atoms with Gasteiger partial charge in [0, 0.05) is 5.88 Å². The van der Waals surface area contributed by atoms with Crippen LogP contribution in [-0.2, 0) is 12.5 Å². The average Bonchev–Trinajstić information content (AvgIpc) is 2.17. The van der Waals surface area contributed by atoms with E-state index in [2.05, 4.69) is 4.98 Å². The van der Waals surface area contributed by atoms with Gasteiger partial charge in [-0.25, -0.2) is 13.8 Å². The maximum absolute atomic E-state index is 12.4. The number of aliphatic hydroxyl groups is 1. The molecule has 0 atom stereocenters. The number of nitrogens with two attached hydrogens (primary N) is 1. The van der Waals surface area contributed by atoms with Crippen LogP contribution in [0.25, 0.3) is 0 Å². The minimum absolute atomic E-state index is 0.0150. The highest BCUT2D eigenvalue weighted by Gasteiger charge is 2.17. The summed E-state index contributed by atoms with van der Waals surface area (Å²) < 4.78 is 24.8. The van der Waals surface area contributed by atoms with Crippen molar-refractivity contribution in [2.24, 2.45) is 0 Å². The van der Waals surface area contributed by atoms with Crippen LogP contribution in [0.2, 0.25) is 0 Å². The third-order valence-corrected chi connectivity index (χ3v) is 2.03. The standard InChI is InChI=1S/C8H9ClF2N2O/c9-2-4-1-5(3-14)13-7(6(4)12)8(10)11/h1,8,14H,2-3,12H2. The first-order chi connectivity index (χ1) is 6.60. The van der Waals surface area contributed by atoms with Crippen molar-refractivity contribution in [3.63, 3.8) is 0 Å². The second-order valence-corrected chi connectivity index (χ2v) is 2.93. The molecule has 1 rings (SSSR count). The van der Waals surface area contributed by atoms with Crippen LogP contribution in [0.4, 0.5) is 14.5 Å². The molecule has 0 fully saturated rings. The van der Waals surface area contributed by atoms with E-state index in [-0.39, 0.29) is 17.3 Å². The van der Waals surface area contributed by atoms with Gasteiger partial charge in [0.15, 0.2) is 0 Å². The Labute approximate surface area is 84.5 Å². The minimum Gasteiger partial charge on any atom is -0.397 e. The predicted molar refractivity (Wildman–Crippen MR) is 49.1 cm³/mol. The molecule has 0 aliphatic rings. The summed E-state index contributed by atoms with van der Waals surface area (Å²) in [6.07, 6.45) is -2.76. The molecule has 0 aliphatic carbocycles. The van der Waals surface area contributed by atoms with Gasteiger partial charge in [-0.15, -0.1) is 11.6 Å². The first-order valence-corrected chi connectivity index (χ1v) is 4.36. The molecule has 78 valence electrons. The molecular weight excluding hydrogens is 214 g/mol. The van der Waals surface area contributed by atoms with Crippen LogP contribution in [0.5, 0.6) is 0 Å². The van der Waals surface area contributed by atoms with Gasteiger partial charge >= 0.3 is 0 Å². The van der Waals surface area contributed by atoms with E-state index >= 15 is 0 Å². The van der Waals surface area contributed by atoms with Crippen molar-refractivity contribution in [1.82, 2.24) is 4.98 Å². The maximum atomic E-state index is 12.4. The number of nitrogen functional groups attached to an aromatic ring is 1. The number of rotatable bonds is 3. The Bertz CT molecular complexity index is 333. The van der Waals surface area contributed by atoms with Gasteiger partial charge in [-0.1, -0.05) is 0 Å².